The molecule has 1 fully saturated rings. The summed E-state index contributed by atoms with van der Waals surface area (Å²) in [5.41, 5.74) is 1.25. The van der Waals surface area contributed by atoms with E-state index in [1.165, 1.54) is 13.2 Å². The molecule has 258 valence electrons. The van der Waals surface area contributed by atoms with Gasteiger partial charge in [-0.05, 0) is 68.1 Å². The Morgan fingerprint density at radius 2 is 1.65 bits per heavy atom. The molecule has 0 saturated heterocycles. The lowest BCUT2D eigenvalue weighted by Crippen LogP contribution is -2.50. The summed E-state index contributed by atoms with van der Waals surface area (Å²) >= 11 is 0. The van der Waals surface area contributed by atoms with Gasteiger partial charge in [-0.3, -0.25) is 9.48 Å². The van der Waals surface area contributed by atoms with Crippen LogP contribution in [0, 0.1) is 17.7 Å². The number of ether oxygens (including phenoxy) is 2. The summed E-state index contributed by atoms with van der Waals surface area (Å²) in [6, 6.07) is 0.0445. The molecular weight excluding hydrogens is 605 g/mol. The van der Waals surface area contributed by atoms with Gasteiger partial charge in [-0.25, -0.2) is 14.2 Å². The van der Waals surface area contributed by atoms with E-state index in [-0.39, 0.29) is 24.3 Å². The van der Waals surface area contributed by atoms with E-state index in [4.69, 9.17) is 13.9 Å². The lowest BCUT2D eigenvalue weighted by Gasteiger charge is -2.43. The predicted octanol–water partition coefficient (Wildman–Crippen LogP) is 7.87. The van der Waals surface area contributed by atoms with E-state index in [2.05, 4.69) is 69.2 Å². The van der Waals surface area contributed by atoms with Gasteiger partial charge in [0.1, 0.15) is 23.5 Å². The van der Waals surface area contributed by atoms with Gasteiger partial charge >= 0.3 is 6.09 Å². The third kappa shape index (κ3) is 9.30. The molecule has 2 aromatic rings. The molecule has 2 amide bonds. The van der Waals surface area contributed by atoms with Crippen LogP contribution in [0.4, 0.5) is 14.9 Å². The Kier molecular flexibility index (Phi) is 12.8. The molecule has 2 unspecified atom stereocenters. The summed E-state index contributed by atoms with van der Waals surface area (Å²) in [4.78, 5) is 30.7. The van der Waals surface area contributed by atoms with E-state index in [1.807, 2.05) is 0 Å². The average Bonchev–Trinajstić information content (AvgIpc) is 3.41. The number of alkyl carbamates (subject to hydrolysis) is 1. The van der Waals surface area contributed by atoms with Crippen LogP contribution in [0.25, 0.3) is 0 Å². The second-order valence-electron chi connectivity index (χ2n) is 14.7. The highest BCUT2D eigenvalue weighted by Crippen LogP contribution is 2.43. The Bertz CT molecular complexity index is 1280. The minimum atomic E-state index is -2.31. The van der Waals surface area contributed by atoms with Crippen LogP contribution in [0.2, 0.25) is 16.6 Å². The molecule has 0 radical (unpaired) electrons. The Morgan fingerprint density at radius 1 is 1.04 bits per heavy atom. The molecule has 2 atom stereocenters. The van der Waals surface area contributed by atoms with Crippen LogP contribution in [-0.2, 0) is 14.0 Å². The molecule has 3 rings (SSSR count). The van der Waals surface area contributed by atoms with Gasteiger partial charge < -0.3 is 24.5 Å². The van der Waals surface area contributed by atoms with Gasteiger partial charge in [0.2, 0.25) is 11.8 Å². The number of pyridine rings is 1. The lowest BCUT2D eigenvalue weighted by molar-refractivity contribution is -0.119. The van der Waals surface area contributed by atoms with E-state index in [1.54, 1.807) is 37.8 Å². The highest BCUT2D eigenvalue weighted by atomic mass is 28.4. The normalized spacial score (nSPS) is 18.8. The quantitative estimate of drug-likeness (QED) is 0.210. The minimum Gasteiger partial charge on any atom is -0.481 e. The Hall–Kier alpha value is -2.99. The van der Waals surface area contributed by atoms with Crippen molar-refractivity contribution >= 4 is 26.0 Å². The van der Waals surface area contributed by atoms with Gasteiger partial charge in [-0.2, -0.15) is 5.10 Å². The number of nitrogens with zero attached hydrogens (tertiary/aromatic N) is 3. The van der Waals surface area contributed by atoms with Crippen molar-refractivity contribution < 1.29 is 27.9 Å². The Labute approximate surface area is 275 Å². The second-order valence-corrected chi connectivity index (χ2v) is 20.2. The zero-order chi connectivity index (χ0) is 34.4. The summed E-state index contributed by atoms with van der Waals surface area (Å²) in [5, 5.41) is 10.4. The maximum Gasteiger partial charge on any atom is 0.408 e. The first-order valence-corrected chi connectivity index (χ1v) is 18.8. The van der Waals surface area contributed by atoms with Crippen LogP contribution in [0.1, 0.15) is 107 Å². The lowest BCUT2D eigenvalue weighted by atomic mass is 9.79. The van der Waals surface area contributed by atoms with Crippen molar-refractivity contribution in [2.75, 3.05) is 19.0 Å². The third-order valence-corrected chi connectivity index (χ3v) is 15.4. The van der Waals surface area contributed by atoms with Crippen LogP contribution in [0.3, 0.4) is 0 Å². The van der Waals surface area contributed by atoms with Crippen LogP contribution in [0.15, 0.2) is 24.7 Å². The van der Waals surface area contributed by atoms with Crippen LogP contribution < -0.4 is 15.4 Å². The number of hydrogen-bond donors (Lipinski definition) is 2. The molecule has 0 bridgehead atoms. The predicted molar refractivity (Wildman–Crippen MR) is 181 cm³/mol. The summed E-state index contributed by atoms with van der Waals surface area (Å²) < 4.78 is 34.3. The summed E-state index contributed by atoms with van der Waals surface area (Å²) in [7, 11) is -0.811. The van der Waals surface area contributed by atoms with Crippen LogP contribution in [-0.4, -0.2) is 60.4 Å². The number of hydrogen-bond acceptors (Lipinski definition) is 7. The van der Waals surface area contributed by atoms with Crippen LogP contribution >= 0.6 is 0 Å². The van der Waals surface area contributed by atoms with Gasteiger partial charge in [0, 0.05) is 11.8 Å². The molecule has 2 heterocycles. The molecular formula is C34H56FN5O5Si. The molecule has 0 aromatic carbocycles. The highest BCUT2D eigenvalue weighted by molar-refractivity contribution is 6.77. The van der Waals surface area contributed by atoms with Crippen molar-refractivity contribution in [3.63, 3.8) is 0 Å². The maximum atomic E-state index is 14.6. The fraction of sp³-hybridized carbons (Fsp3) is 0.706. The van der Waals surface area contributed by atoms with Gasteiger partial charge in [-0.15, -0.1) is 0 Å². The molecule has 2 aromatic heterocycles. The zero-order valence-electron chi connectivity index (χ0n) is 29.6. The molecule has 0 aliphatic heterocycles. The summed E-state index contributed by atoms with van der Waals surface area (Å²) in [6.07, 6.45) is 7.37. The fourth-order valence-corrected chi connectivity index (χ4v) is 12.6. The van der Waals surface area contributed by atoms with Crippen molar-refractivity contribution in [2.24, 2.45) is 11.8 Å². The molecule has 0 spiro atoms. The number of carbonyl (C=O) groups is 2. The minimum absolute atomic E-state index is 0.0243. The SMILES string of the molecule is COc1ncc(F)cc1C(CO[Si](C(C)C)(C(C)C)C(C)C)n1cc(NC(=O)C(NC(=O)OC(C)(C)C)C2CCC(C)CC2)cn1. The number of aromatic nitrogens is 3. The van der Waals surface area contributed by atoms with Gasteiger partial charge in [0.15, 0.2) is 8.32 Å². The van der Waals surface area contributed by atoms with Crippen molar-refractivity contribution in [3.05, 3.63) is 36.0 Å². The summed E-state index contributed by atoms with van der Waals surface area (Å²) in [5.74, 6) is -0.0102. The van der Waals surface area contributed by atoms with Gasteiger partial charge in [0.25, 0.3) is 0 Å². The topological polar surface area (TPSA) is 117 Å². The second kappa shape index (κ2) is 15.7. The number of halogens is 1. The van der Waals surface area contributed by atoms with Crippen LogP contribution in [0.5, 0.6) is 5.88 Å². The molecule has 12 heteroatoms. The number of rotatable bonds is 13. The standard InChI is InChI=1S/C34H56FN5O5Si/c1-21(2)46(22(3)4,23(5)6)44-20-29(28-16-26(35)17-36-32(28)43-11)40-19-27(18-37-40)38-31(41)30(25-14-12-24(7)13-15-25)39-33(42)45-34(8,9)10/h16-19,21-25,29-30H,12-15,20H2,1-11H3,(H,38,41)(H,39,42). The number of methoxy groups -OCH3 is 1. The average molecular weight is 662 g/mol. The number of anilines is 1. The van der Waals surface area contributed by atoms with Crippen molar-refractivity contribution in [1.82, 2.24) is 20.1 Å². The maximum absolute atomic E-state index is 14.6. The number of nitrogens with one attached hydrogen (secondary N) is 2. The molecule has 10 nitrogen and oxygen atoms in total. The van der Waals surface area contributed by atoms with E-state index < -0.39 is 37.9 Å². The van der Waals surface area contributed by atoms with Gasteiger partial charge in [0.05, 0.1) is 31.8 Å². The monoisotopic (exact) mass is 661 g/mol. The van der Waals surface area contributed by atoms with Crippen molar-refractivity contribution in [2.45, 2.75) is 129 Å². The zero-order valence-corrected chi connectivity index (χ0v) is 30.6. The Balaban J connectivity index is 1.94. The smallest absolute Gasteiger partial charge is 0.408 e. The van der Waals surface area contributed by atoms with Crippen molar-refractivity contribution in [1.29, 1.82) is 0 Å². The molecule has 2 N–H and O–H groups in total. The molecule has 1 aliphatic rings. The molecule has 1 saturated carbocycles. The first-order chi connectivity index (χ1) is 21.5. The first kappa shape index (κ1) is 37.5. The first-order valence-electron chi connectivity index (χ1n) is 16.7. The number of amides is 2. The number of carbonyl (C=O) groups excluding carboxylic acids is 2. The third-order valence-electron chi connectivity index (χ3n) is 9.27. The highest BCUT2D eigenvalue weighted by Gasteiger charge is 2.46. The fourth-order valence-electron chi connectivity index (χ4n) is 7.13. The molecule has 46 heavy (non-hydrogen) atoms. The van der Waals surface area contributed by atoms with E-state index in [0.29, 0.717) is 33.8 Å². The van der Waals surface area contributed by atoms with Crippen molar-refractivity contribution in [3.8, 4) is 5.88 Å². The molecule has 1 aliphatic carbocycles. The van der Waals surface area contributed by atoms with Gasteiger partial charge in [-0.1, -0.05) is 61.3 Å². The van der Waals surface area contributed by atoms with E-state index in [0.717, 1.165) is 31.9 Å². The Morgan fingerprint density at radius 3 is 2.20 bits per heavy atom. The van der Waals surface area contributed by atoms with E-state index >= 15 is 0 Å². The van der Waals surface area contributed by atoms with E-state index in [9.17, 15) is 14.0 Å². The largest absolute Gasteiger partial charge is 0.481 e. The summed E-state index contributed by atoms with van der Waals surface area (Å²) in [6.45, 7) is 21.1.